The summed E-state index contributed by atoms with van der Waals surface area (Å²) in [6.07, 6.45) is 1.73. The number of quaternary nitrogens is 1. The highest BCUT2D eigenvalue weighted by Crippen LogP contribution is 2.21. The average molecular weight is 368 g/mol. The van der Waals surface area contributed by atoms with E-state index in [1.54, 1.807) is 24.4 Å². The number of hydrogen-bond donors (Lipinski definition) is 1. The average Bonchev–Trinajstić information content (AvgIpc) is 3.07. The van der Waals surface area contributed by atoms with Crippen LogP contribution in [0.4, 0.5) is 0 Å². The minimum Gasteiger partial charge on any atom is -0.475 e. The molecule has 0 radical (unpaired) electrons. The minimum atomic E-state index is -0.128. The second-order valence-electron chi connectivity index (χ2n) is 7.41. The highest BCUT2D eigenvalue weighted by molar-refractivity contribution is 6.15. The van der Waals surface area contributed by atoms with Gasteiger partial charge in [0.25, 0.3) is 0 Å². The number of ketones is 1. The number of H-pyrrole nitrogens is 1. The summed E-state index contributed by atoms with van der Waals surface area (Å²) in [5.41, 5.74) is 1.90. The van der Waals surface area contributed by atoms with Gasteiger partial charge in [-0.2, -0.15) is 0 Å². The van der Waals surface area contributed by atoms with E-state index in [9.17, 15) is 4.79 Å². The predicted octanol–water partition coefficient (Wildman–Crippen LogP) is 2.90. The molecule has 3 rings (SSSR count). The number of carbonyl (C=O) groups is 1. The van der Waals surface area contributed by atoms with Crippen molar-refractivity contribution in [1.82, 2.24) is 9.97 Å². The van der Waals surface area contributed by atoms with Gasteiger partial charge in [0, 0.05) is 28.7 Å². The van der Waals surface area contributed by atoms with Crippen LogP contribution in [0, 0.1) is 0 Å². The lowest BCUT2D eigenvalue weighted by Crippen LogP contribution is -2.37. The molecular formula is C21H26N3O3+. The number of hydrogen-bond acceptors (Lipinski definition) is 4. The van der Waals surface area contributed by atoms with E-state index in [1.807, 2.05) is 24.3 Å². The quantitative estimate of drug-likeness (QED) is 0.358. The van der Waals surface area contributed by atoms with Crippen molar-refractivity contribution >= 4 is 16.7 Å². The second kappa shape index (κ2) is 8.33. The molecule has 0 fully saturated rings. The van der Waals surface area contributed by atoms with E-state index >= 15 is 0 Å². The van der Waals surface area contributed by atoms with Gasteiger partial charge in [-0.1, -0.05) is 24.3 Å². The van der Waals surface area contributed by atoms with E-state index in [2.05, 4.69) is 31.1 Å². The van der Waals surface area contributed by atoms with Gasteiger partial charge in [-0.15, -0.1) is 0 Å². The molecule has 3 aromatic rings. The van der Waals surface area contributed by atoms with Gasteiger partial charge < -0.3 is 18.9 Å². The molecule has 142 valence electrons. The SMILES string of the molecule is C[N+](C)(C)CCOCCOc1cccc(C(=O)c2c[nH]c3ccccc23)n1. The first-order chi connectivity index (χ1) is 12.9. The molecule has 0 amide bonds. The first-order valence-corrected chi connectivity index (χ1v) is 9.03. The second-order valence-corrected chi connectivity index (χ2v) is 7.41. The molecule has 0 spiro atoms. The minimum absolute atomic E-state index is 0.128. The van der Waals surface area contributed by atoms with Crippen molar-refractivity contribution in [2.24, 2.45) is 0 Å². The molecule has 0 aliphatic rings. The highest BCUT2D eigenvalue weighted by Gasteiger charge is 2.16. The number of benzene rings is 1. The number of likely N-dealkylation sites (N-methyl/N-ethyl adjacent to an activating group) is 1. The molecule has 0 bridgehead atoms. The molecule has 6 nitrogen and oxygen atoms in total. The zero-order chi connectivity index (χ0) is 19.3. The third-order valence-electron chi connectivity index (χ3n) is 4.17. The molecule has 1 N–H and O–H groups in total. The van der Waals surface area contributed by atoms with Gasteiger partial charge in [0.15, 0.2) is 0 Å². The van der Waals surface area contributed by atoms with Gasteiger partial charge in [-0.05, 0) is 12.1 Å². The molecular weight excluding hydrogens is 342 g/mol. The Hall–Kier alpha value is -2.70. The van der Waals surface area contributed by atoms with Gasteiger partial charge in [-0.3, -0.25) is 4.79 Å². The van der Waals surface area contributed by atoms with Crippen LogP contribution in [-0.2, 0) is 4.74 Å². The summed E-state index contributed by atoms with van der Waals surface area (Å²) < 4.78 is 12.1. The summed E-state index contributed by atoms with van der Waals surface area (Å²) in [5.74, 6) is 0.299. The Kier molecular flexibility index (Phi) is 5.88. The summed E-state index contributed by atoms with van der Waals surface area (Å²) in [6.45, 7) is 2.50. The third-order valence-corrected chi connectivity index (χ3v) is 4.17. The van der Waals surface area contributed by atoms with Crippen LogP contribution in [0.2, 0.25) is 0 Å². The lowest BCUT2D eigenvalue weighted by atomic mass is 10.1. The standard InChI is InChI=1S/C21H25N3O3/c1-24(2,3)11-12-26-13-14-27-20-10-6-9-19(23-20)21(25)17-15-22-18-8-5-4-7-16(17)18/h4-10,15H,11-14H2,1-3H3/p+1. The van der Waals surface area contributed by atoms with Crippen molar-refractivity contribution < 1.29 is 18.8 Å². The van der Waals surface area contributed by atoms with Gasteiger partial charge in [0.1, 0.15) is 18.8 Å². The number of aromatic amines is 1. The predicted molar refractivity (Wildman–Crippen MR) is 105 cm³/mol. The molecule has 6 heteroatoms. The van der Waals surface area contributed by atoms with Crippen LogP contribution < -0.4 is 4.74 Å². The van der Waals surface area contributed by atoms with Crippen LogP contribution in [0.3, 0.4) is 0 Å². The molecule has 2 aromatic heterocycles. The van der Waals surface area contributed by atoms with E-state index in [4.69, 9.17) is 9.47 Å². The monoisotopic (exact) mass is 368 g/mol. The molecule has 0 aliphatic heterocycles. The fraction of sp³-hybridized carbons (Fsp3) is 0.333. The van der Waals surface area contributed by atoms with E-state index in [0.717, 1.165) is 21.9 Å². The number of rotatable bonds is 9. The number of fused-ring (bicyclic) bond motifs is 1. The van der Waals surface area contributed by atoms with Crippen molar-refractivity contribution in [3.05, 3.63) is 59.9 Å². The van der Waals surface area contributed by atoms with Gasteiger partial charge in [-0.25, -0.2) is 4.98 Å². The maximum absolute atomic E-state index is 12.8. The Morgan fingerprint density at radius 2 is 1.85 bits per heavy atom. The van der Waals surface area contributed by atoms with Crippen LogP contribution in [-0.4, -0.2) is 67.7 Å². The molecule has 1 aromatic carbocycles. The van der Waals surface area contributed by atoms with Gasteiger partial charge in [0.2, 0.25) is 11.7 Å². The number of pyridine rings is 1. The van der Waals surface area contributed by atoms with Crippen molar-refractivity contribution in [3.63, 3.8) is 0 Å². The summed E-state index contributed by atoms with van der Waals surface area (Å²) >= 11 is 0. The van der Waals surface area contributed by atoms with E-state index < -0.39 is 0 Å². The topological polar surface area (TPSA) is 64.2 Å². The van der Waals surface area contributed by atoms with Gasteiger partial charge in [0.05, 0.1) is 34.4 Å². The number of nitrogens with one attached hydrogen (secondary N) is 1. The lowest BCUT2D eigenvalue weighted by molar-refractivity contribution is -0.870. The largest absolute Gasteiger partial charge is 0.475 e. The highest BCUT2D eigenvalue weighted by atomic mass is 16.5. The fourth-order valence-electron chi connectivity index (χ4n) is 2.66. The van der Waals surface area contributed by atoms with E-state index in [-0.39, 0.29) is 5.78 Å². The number of aromatic nitrogens is 2. The Morgan fingerprint density at radius 1 is 1.04 bits per heavy atom. The molecule has 0 atom stereocenters. The zero-order valence-electron chi connectivity index (χ0n) is 16.1. The Bertz CT molecular complexity index is 912. The molecule has 0 saturated heterocycles. The van der Waals surface area contributed by atoms with Crippen molar-refractivity contribution in [3.8, 4) is 5.88 Å². The number of carbonyl (C=O) groups excluding carboxylic acids is 1. The van der Waals surface area contributed by atoms with Crippen LogP contribution in [0.15, 0.2) is 48.7 Å². The normalized spacial score (nSPS) is 11.7. The van der Waals surface area contributed by atoms with Gasteiger partial charge >= 0.3 is 0 Å². The third kappa shape index (κ3) is 5.15. The van der Waals surface area contributed by atoms with E-state index in [0.29, 0.717) is 37.0 Å². The van der Waals surface area contributed by atoms with Crippen molar-refractivity contribution in [1.29, 1.82) is 0 Å². The maximum atomic E-state index is 12.8. The smallest absolute Gasteiger partial charge is 0.213 e. The summed E-state index contributed by atoms with van der Waals surface area (Å²) in [5, 5.41) is 0.890. The van der Waals surface area contributed by atoms with Crippen LogP contribution >= 0.6 is 0 Å². The maximum Gasteiger partial charge on any atom is 0.213 e. The summed E-state index contributed by atoms with van der Waals surface area (Å²) in [7, 11) is 6.37. The number of ether oxygens (including phenoxy) is 2. The Balaban J connectivity index is 1.58. The summed E-state index contributed by atoms with van der Waals surface area (Å²) in [6, 6.07) is 12.9. The zero-order valence-corrected chi connectivity index (χ0v) is 16.1. The Labute approximate surface area is 159 Å². The summed E-state index contributed by atoms with van der Waals surface area (Å²) in [4.78, 5) is 20.3. The first kappa shape index (κ1) is 19.1. The number of nitrogens with zero attached hydrogens (tertiary/aromatic N) is 2. The fourth-order valence-corrected chi connectivity index (χ4v) is 2.66. The van der Waals surface area contributed by atoms with Crippen molar-refractivity contribution in [2.75, 3.05) is 47.5 Å². The first-order valence-electron chi connectivity index (χ1n) is 9.03. The van der Waals surface area contributed by atoms with Crippen LogP contribution in [0.5, 0.6) is 5.88 Å². The molecule has 0 saturated carbocycles. The van der Waals surface area contributed by atoms with Crippen molar-refractivity contribution in [2.45, 2.75) is 0 Å². The van der Waals surface area contributed by atoms with Crippen LogP contribution in [0.1, 0.15) is 16.1 Å². The molecule has 0 aliphatic carbocycles. The molecule has 27 heavy (non-hydrogen) atoms. The molecule has 0 unspecified atom stereocenters. The number of para-hydroxylation sites is 1. The molecule has 2 heterocycles. The Morgan fingerprint density at radius 3 is 2.67 bits per heavy atom. The lowest BCUT2D eigenvalue weighted by Gasteiger charge is -2.23. The van der Waals surface area contributed by atoms with E-state index in [1.165, 1.54) is 0 Å². The van der Waals surface area contributed by atoms with Crippen LogP contribution in [0.25, 0.3) is 10.9 Å².